The molecule has 1 saturated carbocycles. The second-order valence-corrected chi connectivity index (χ2v) is 58.7. The fourth-order valence-electron chi connectivity index (χ4n) is 9.01. The standard InChI is InChI=1S/C22H25.C17H21.C2H7Si.2ClH.Zr/c1-15(2)18-13-17-7-6-8-20(21(17)14-18)16-9-11-19(12-10-16)22(3,4)5;1-13-10-15-8-5-9-16(17(15)11-13)12-14-6-3-2-4-7-14;1-3-2;;;/h6-15H,1-5H3;5,8-11,14H,2-4,6-7,12H2,1H3;3H,1-2H3;2*1H;/q;;;;;+2/p-2. The van der Waals surface area contributed by atoms with Crippen LogP contribution in [0.2, 0.25) is 13.1 Å². The van der Waals surface area contributed by atoms with Gasteiger partial charge in [0.1, 0.15) is 0 Å². The topological polar surface area (TPSA) is 0 Å². The summed E-state index contributed by atoms with van der Waals surface area (Å²) >= 11 is -4.72. The molecule has 2 unspecified atom stereocenters. The first-order valence-electron chi connectivity index (χ1n) is 17.5. The van der Waals surface area contributed by atoms with E-state index in [-0.39, 0.29) is 12.7 Å². The Kier molecular flexibility index (Phi) is 9.26. The van der Waals surface area contributed by atoms with Crippen LogP contribution in [0, 0.1) is 11.8 Å². The zero-order valence-corrected chi connectivity index (χ0v) is 33.9. The zero-order chi connectivity index (χ0) is 32.3. The second kappa shape index (κ2) is 12.4. The summed E-state index contributed by atoms with van der Waals surface area (Å²) in [5.74, 6) is -0.387. The molecular formula is C41H53Cl2SiZr. The number of hydrogen-bond acceptors (Lipinski definition) is 0. The van der Waals surface area contributed by atoms with Gasteiger partial charge in [0.05, 0.1) is 0 Å². The molecule has 0 aliphatic heterocycles. The molecule has 0 aromatic heterocycles. The summed E-state index contributed by atoms with van der Waals surface area (Å²) in [6.45, 7) is 18.8. The predicted molar refractivity (Wildman–Crippen MR) is 200 cm³/mol. The van der Waals surface area contributed by atoms with Crippen molar-refractivity contribution in [1.29, 1.82) is 0 Å². The van der Waals surface area contributed by atoms with Crippen molar-refractivity contribution in [3.8, 4) is 11.1 Å². The fourth-order valence-corrected chi connectivity index (χ4v) is 41.2. The Morgan fingerprint density at radius 3 is 2.02 bits per heavy atom. The fraction of sp³-hybridized carbons (Fsp3) is 0.463. The molecule has 0 N–H and O–H groups in total. The van der Waals surface area contributed by atoms with E-state index in [1.54, 1.807) is 0 Å². The molecule has 3 aliphatic carbocycles. The summed E-state index contributed by atoms with van der Waals surface area (Å²) in [6.07, 6.45) is 13.1. The van der Waals surface area contributed by atoms with Gasteiger partial charge in [-0.2, -0.15) is 0 Å². The summed E-state index contributed by atoms with van der Waals surface area (Å²) in [4.78, 5) is 0. The van der Waals surface area contributed by atoms with E-state index < -0.39 is 21.5 Å². The molecule has 0 radical (unpaired) electrons. The molecular weight excluding hydrogens is 683 g/mol. The molecule has 3 aromatic rings. The van der Waals surface area contributed by atoms with Gasteiger partial charge in [-0.15, -0.1) is 0 Å². The second-order valence-electron chi connectivity index (χ2n) is 16.2. The van der Waals surface area contributed by atoms with Crippen LogP contribution in [-0.2, 0) is 27.4 Å². The van der Waals surface area contributed by atoms with Crippen molar-refractivity contribution >= 4 is 35.1 Å². The third-order valence-corrected chi connectivity index (χ3v) is 63.6. The third-order valence-electron chi connectivity index (χ3n) is 11.6. The Morgan fingerprint density at radius 2 is 1.42 bits per heavy atom. The Morgan fingerprint density at radius 1 is 0.800 bits per heavy atom. The molecule has 0 spiro atoms. The molecule has 3 aromatic carbocycles. The molecule has 0 bridgehead atoms. The van der Waals surface area contributed by atoms with Crippen LogP contribution in [0.3, 0.4) is 0 Å². The molecule has 45 heavy (non-hydrogen) atoms. The molecule has 0 amide bonds. The number of halogens is 2. The molecule has 0 heterocycles. The van der Waals surface area contributed by atoms with Crippen LogP contribution in [0.5, 0.6) is 0 Å². The molecule has 6 rings (SSSR count). The third kappa shape index (κ3) is 5.81. The average molecular weight is 736 g/mol. The first-order valence-corrected chi connectivity index (χ1v) is 33.9. The number of hydrogen-bond donors (Lipinski definition) is 0. The minimum atomic E-state index is -4.72. The van der Waals surface area contributed by atoms with Gasteiger partial charge in [0.25, 0.3) is 0 Å². The van der Waals surface area contributed by atoms with Crippen molar-refractivity contribution in [3.05, 3.63) is 105 Å². The van der Waals surface area contributed by atoms with Gasteiger partial charge in [0.2, 0.25) is 0 Å². The Hall–Kier alpha value is -1.18. The van der Waals surface area contributed by atoms with Gasteiger partial charge in [0.15, 0.2) is 0 Å². The number of rotatable bonds is 7. The van der Waals surface area contributed by atoms with Gasteiger partial charge in [-0.1, -0.05) is 0 Å². The van der Waals surface area contributed by atoms with Crippen LogP contribution < -0.4 is 0 Å². The van der Waals surface area contributed by atoms with E-state index in [4.69, 9.17) is 17.0 Å². The Labute approximate surface area is 282 Å². The van der Waals surface area contributed by atoms with Crippen molar-refractivity contribution in [1.82, 2.24) is 0 Å². The molecule has 4 heteroatoms. The summed E-state index contributed by atoms with van der Waals surface area (Å²) < 4.78 is 0.294. The number of fused-ring (bicyclic) bond motifs is 2. The summed E-state index contributed by atoms with van der Waals surface area (Å²) in [6, 6.07) is 23.2. The normalized spacial score (nSPS) is 21.4. The van der Waals surface area contributed by atoms with Crippen molar-refractivity contribution < 1.29 is 15.6 Å². The van der Waals surface area contributed by atoms with Crippen LogP contribution in [0.25, 0.3) is 23.3 Å². The van der Waals surface area contributed by atoms with Crippen molar-refractivity contribution in [2.75, 3.05) is 0 Å². The molecule has 239 valence electrons. The van der Waals surface area contributed by atoms with Gasteiger partial charge in [-0.25, -0.2) is 0 Å². The maximum atomic E-state index is 8.60. The van der Waals surface area contributed by atoms with E-state index in [0.29, 0.717) is 5.92 Å². The molecule has 1 fully saturated rings. The van der Waals surface area contributed by atoms with Crippen molar-refractivity contribution in [2.45, 2.75) is 106 Å². The average Bonchev–Trinajstić information content (AvgIpc) is 3.57. The first-order chi connectivity index (χ1) is 21.2. The summed E-state index contributed by atoms with van der Waals surface area (Å²) in [5, 5.41) is 0. The van der Waals surface area contributed by atoms with E-state index >= 15 is 0 Å². The SMILES string of the molecule is CC1=Cc2c(CC3CCCCC3)cccc2[CH]1[Zr]([Cl])([Cl])([CH]1C(C(C)C)=Cc2c(-c3ccc(C(C)(C)C)cc3)cccc21)[SiH](C)C. The first kappa shape index (κ1) is 33.7. The molecule has 2 atom stereocenters. The minimum absolute atomic E-state index is 0.131. The van der Waals surface area contributed by atoms with Gasteiger partial charge in [-0.05, 0) is 0 Å². The van der Waals surface area contributed by atoms with Crippen LogP contribution in [0.1, 0.15) is 114 Å². The Balaban J connectivity index is 1.49. The number of allylic oxidation sites excluding steroid dienone is 2. The van der Waals surface area contributed by atoms with Gasteiger partial charge >= 0.3 is 285 Å². The quantitative estimate of drug-likeness (QED) is 0.212. The van der Waals surface area contributed by atoms with E-state index in [0.717, 1.165) is 5.92 Å². The molecule has 0 saturated heterocycles. The predicted octanol–water partition coefficient (Wildman–Crippen LogP) is 13.0. The summed E-state index contributed by atoms with van der Waals surface area (Å²) in [5.41, 5.74) is 14.1. The molecule has 0 nitrogen and oxygen atoms in total. The van der Waals surface area contributed by atoms with Crippen LogP contribution >= 0.6 is 17.0 Å². The summed E-state index contributed by atoms with van der Waals surface area (Å²) in [7, 11) is 17.2. The van der Waals surface area contributed by atoms with Crippen LogP contribution in [0.15, 0.2) is 71.8 Å². The van der Waals surface area contributed by atoms with Gasteiger partial charge in [-0.3, -0.25) is 0 Å². The van der Waals surface area contributed by atoms with Gasteiger partial charge < -0.3 is 0 Å². The van der Waals surface area contributed by atoms with E-state index in [2.05, 4.69) is 127 Å². The monoisotopic (exact) mass is 733 g/mol. The van der Waals surface area contributed by atoms with Gasteiger partial charge in [0, 0.05) is 0 Å². The van der Waals surface area contributed by atoms with E-state index in [1.807, 2.05) is 0 Å². The van der Waals surface area contributed by atoms with E-state index in [9.17, 15) is 0 Å². The Bertz CT molecular complexity index is 1650. The maximum absolute atomic E-state index is 8.60. The van der Waals surface area contributed by atoms with Crippen molar-refractivity contribution in [2.24, 2.45) is 11.8 Å². The number of benzene rings is 3. The van der Waals surface area contributed by atoms with Crippen LogP contribution in [0.4, 0.5) is 0 Å². The van der Waals surface area contributed by atoms with Crippen molar-refractivity contribution in [3.63, 3.8) is 0 Å². The van der Waals surface area contributed by atoms with Crippen LogP contribution in [-0.4, -0.2) is 5.92 Å². The zero-order valence-electron chi connectivity index (χ0n) is 28.8. The molecule has 3 aliphatic rings. The van der Waals surface area contributed by atoms with E-state index in [1.165, 1.54) is 94.2 Å².